The van der Waals surface area contributed by atoms with Crippen molar-refractivity contribution in [3.63, 3.8) is 0 Å². The van der Waals surface area contributed by atoms with Crippen molar-refractivity contribution in [2.24, 2.45) is 0 Å². The van der Waals surface area contributed by atoms with Crippen LogP contribution >= 0.6 is 11.3 Å². The Balaban J connectivity index is 2.34. The summed E-state index contributed by atoms with van der Waals surface area (Å²) in [4.78, 5) is 36.8. The fourth-order valence-electron chi connectivity index (χ4n) is 2.38. The number of anilines is 1. The van der Waals surface area contributed by atoms with Crippen molar-refractivity contribution in [1.82, 2.24) is 0 Å². The molecule has 1 amide bonds. The summed E-state index contributed by atoms with van der Waals surface area (Å²) in [5.74, 6) is -1.48. The second-order valence-corrected chi connectivity index (χ2v) is 6.72. The van der Waals surface area contributed by atoms with E-state index in [1.807, 2.05) is 0 Å². The maximum absolute atomic E-state index is 12.4. The molecule has 2 heterocycles. The number of ether oxygens (including phenoxy) is 3. The van der Waals surface area contributed by atoms with Crippen LogP contribution in [0.2, 0.25) is 0 Å². The molecule has 1 aromatic heterocycles. The van der Waals surface area contributed by atoms with E-state index in [0.717, 1.165) is 17.8 Å². The van der Waals surface area contributed by atoms with Crippen molar-refractivity contribution in [2.75, 3.05) is 19.0 Å². The Hall–Kier alpha value is -1.93. The molecule has 2 rings (SSSR count). The summed E-state index contributed by atoms with van der Waals surface area (Å²) in [6, 6.07) is 0. The summed E-state index contributed by atoms with van der Waals surface area (Å²) in [6.45, 7) is 5.62. The maximum Gasteiger partial charge on any atom is 0.348 e. The van der Waals surface area contributed by atoms with E-state index in [1.165, 1.54) is 7.11 Å². The SMILES string of the molecule is COC(=O)c1sc(NC(=O)[C@@H]2CCCO2)c(C(=O)OC(C)C)c1C. The zero-order chi connectivity index (χ0) is 17.9. The summed E-state index contributed by atoms with van der Waals surface area (Å²) in [7, 11) is 1.26. The third kappa shape index (κ3) is 3.93. The lowest BCUT2D eigenvalue weighted by molar-refractivity contribution is -0.124. The Morgan fingerprint density at radius 2 is 2.00 bits per heavy atom. The van der Waals surface area contributed by atoms with Gasteiger partial charge in [-0.15, -0.1) is 11.3 Å². The molecule has 1 fully saturated rings. The van der Waals surface area contributed by atoms with Gasteiger partial charge in [0.05, 0.1) is 18.8 Å². The number of carbonyl (C=O) groups is 3. The van der Waals surface area contributed by atoms with Gasteiger partial charge in [0.25, 0.3) is 5.91 Å². The monoisotopic (exact) mass is 355 g/mol. The van der Waals surface area contributed by atoms with Gasteiger partial charge in [0, 0.05) is 6.61 Å². The molecule has 8 heteroatoms. The Morgan fingerprint density at radius 3 is 2.54 bits per heavy atom. The fourth-order valence-corrected chi connectivity index (χ4v) is 3.50. The second-order valence-electron chi connectivity index (χ2n) is 5.70. The lowest BCUT2D eigenvalue weighted by atomic mass is 10.1. The molecule has 0 aromatic carbocycles. The van der Waals surface area contributed by atoms with Crippen LogP contribution in [-0.4, -0.2) is 43.8 Å². The molecule has 1 N–H and O–H groups in total. The number of nitrogens with one attached hydrogen (secondary N) is 1. The van der Waals surface area contributed by atoms with Gasteiger partial charge < -0.3 is 19.5 Å². The minimum Gasteiger partial charge on any atom is -0.465 e. The molecule has 132 valence electrons. The van der Waals surface area contributed by atoms with Crippen molar-refractivity contribution in [1.29, 1.82) is 0 Å². The molecule has 1 aromatic rings. The van der Waals surface area contributed by atoms with E-state index in [-0.39, 0.29) is 27.5 Å². The summed E-state index contributed by atoms with van der Waals surface area (Å²) < 4.78 is 15.3. The number of amides is 1. The summed E-state index contributed by atoms with van der Waals surface area (Å²) >= 11 is 0.998. The third-order valence-electron chi connectivity index (χ3n) is 3.52. The molecule has 0 saturated carbocycles. The van der Waals surface area contributed by atoms with Crippen LogP contribution in [0, 0.1) is 6.92 Å². The van der Waals surface area contributed by atoms with Crippen LogP contribution in [0.5, 0.6) is 0 Å². The molecule has 1 aliphatic rings. The number of esters is 2. The van der Waals surface area contributed by atoms with E-state index >= 15 is 0 Å². The Morgan fingerprint density at radius 1 is 1.29 bits per heavy atom. The predicted octanol–water partition coefficient (Wildman–Crippen LogP) is 2.53. The largest absolute Gasteiger partial charge is 0.465 e. The first-order valence-electron chi connectivity index (χ1n) is 7.70. The minimum atomic E-state index is -0.587. The molecule has 0 unspecified atom stereocenters. The zero-order valence-corrected chi connectivity index (χ0v) is 15.0. The van der Waals surface area contributed by atoms with Crippen LogP contribution in [0.4, 0.5) is 5.00 Å². The topological polar surface area (TPSA) is 90.9 Å². The summed E-state index contributed by atoms with van der Waals surface area (Å²) in [6.07, 6.45) is 0.589. The number of rotatable bonds is 5. The lowest BCUT2D eigenvalue weighted by Crippen LogP contribution is -2.27. The van der Waals surface area contributed by atoms with Gasteiger partial charge in [0.2, 0.25) is 0 Å². The third-order valence-corrected chi connectivity index (χ3v) is 4.71. The average Bonchev–Trinajstić information content (AvgIpc) is 3.14. The van der Waals surface area contributed by atoms with E-state index < -0.39 is 18.0 Å². The first-order valence-corrected chi connectivity index (χ1v) is 8.52. The molecule has 0 aliphatic carbocycles. The number of methoxy groups -OCH3 is 1. The van der Waals surface area contributed by atoms with Gasteiger partial charge >= 0.3 is 11.9 Å². The van der Waals surface area contributed by atoms with E-state index in [9.17, 15) is 14.4 Å². The first-order chi connectivity index (χ1) is 11.3. The Bertz CT molecular complexity index is 645. The van der Waals surface area contributed by atoms with Gasteiger partial charge in [0.1, 0.15) is 16.0 Å². The number of thiophene rings is 1. The zero-order valence-electron chi connectivity index (χ0n) is 14.1. The molecular weight excluding hydrogens is 334 g/mol. The van der Waals surface area contributed by atoms with Crippen LogP contribution in [-0.2, 0) is 19.0 Å². The molecule has 0 spiro atoms. The fraction of sp³-hybridized carbons (Fsp3) is 0.562. The van der Waals surface area contributed by atoms with Crippen molar-refractivity contribution in [2.45, 2.75) is 45.8 Å². The number of carbonyl (C=O) groups excluding carboxylic acids is 3. The van der Waals surface area contributed by atoms with Crippen molar-refractivity contribution < 1.29 is 28.6 Å². The highest BCUT2D eigenvalue weighted by Crippen LogP contribution is 2.35. The van der Waals surface area contributed by atoms with Crippen LogP contribution in [0.3, 0.4) is 0 Å². The molecular formula is C16H21NO6S. The molecule has 1 saturated heterocycles. The molecule has 0 bridgehead atoms. The Kier molecular flexibility index (Phi) is 5.95. The van der Waals surface area contributed by atoms with Gasteiger partial charge in [-0.1, -0.05) is 0 Å². The molecule has 7 nitrogen and oxygen atoms in total. The van der Waals surface area contributed by atoms with E-state index in [0.29, 0.717) is 18.6 Å². The quantitative estimate of drug-likeness (QED) is 0.816. The predicted molar refractivity (Wildman–Crippen MR) is 88.6 cm³/mol. The van der Waals surface area contributed by atoms with Gasteiger partial charge in [-0.25, -0.2) is 9.59 Å². The van der Waals surface area contributed by atoms with Crippen LogP contribution < -0.4 is 5.32 Å². The van der Waals surface area contributed by atoms with E-state index in [4.69, 9.17) is 14.2 Å². The van der Waals surface area contributed by atoms with Gasteiger partial charge in [0.15, 0.2) is 0 Å². The van der Waals surface area contributed by atoms with Gasteiger partial charge in [-0.05, 0) is 39.2 Å². The van der Waals surface area contributed by atoms with Crippen molar-refractivity contribution in [3.05, 3.63) is 16.0 Å². The summed E-state index contributed by atoms with van der Waals surface area (Å²) in [5.41, 5.74) is 0.612. The molecule has 0 radical (unpaired) electrons. The minimum absolute atomic E-state index is 0.181. The van der Waals surface area contributed by atoms with Gasteiger partial charge in [-0.2, -0.15) is 0 Å². The van der Waals surface area contributed by atoms with E-state index in [1.54, 1.807) is 20.8 Å². The number of hydrogen-bond acceptors (Lipinski definition) is 7. The van der Waals surface area contributed by atoms with Gasteiger partial charge in [-0.3, -0.25) is 4.79 Å². The highest BCUT2D eigenvalue weighted by atomic mass is 32.1. The van der Waals surface area contributed by atoms with Crippen molar-refractivity contribution in [3.8, 4) is 0 Å². The molecule has 1 atom stereocenters. The summed E-state index contributed by atoms with van der Waals surface area (Å²) in [5, 5.41) is 2.97. The molecule has 1 aliphatic heterocycles. The van der Waals surface area contributed by atoms with E-state index in [2.05, 4.69) is 5.32 Å². The second kappa shape index (κ2) is 7.76. The highest BCUT2D eigenvalue weighted by molar-refractivity contribution is 7.18. The maximum atomic E-state index is 12.4. The highest BCUT2D eigenvalue weighted by Gasteiger charge is 2.30. The normalized spacial score (nSPS) is 17.0. The standard InChI is InChI=1S/C16H21NO6S/c1-8(2)23-15(19)11-9(3)12(16(20)21-4)24-14(11)17-13(18)10-6-5-7-22-10/h8,10H,5-7H2,1-4H3,(H,17,18)/t10-/m0/s1. The Labute approximate surface area is 144 Å². The van der Waals surface area contributed by atoms with Crippen molar-refractivity contribution >= 4 is 34.2 Å². The average molecular weight is 355 g/mol. The van der Waals surface area contributed by atoms with Crippen LogP contribution in [0.1, 0.15) is 52.3 Å². The number of hydrogen-bond donors (Lipinski definition) is 1. The lowest BCUT2D eigenvalue weighted by Gasteiger charge is -2.12. The van der Waals surface area contributed by atoms with Crippen LogP contribution in [0.25, 0.3) is 0 Å². The smallest absolute Gasteiger partial charge is 0.348 e. The first kappa shape index (κ1) is 18.4. The van der Waals surface area contributed by atoms with Crippen LogP contribution in [0.15, 0.2) is 0 Å². The molecule has 24 heavy (non-hydrogen) atoms.